The summed E-state index contributed by atoms with van der Waals surface area (Å²) in [6.45, 7) is 5.51. The van der Waals surface area contributed by atoms with Gasteiger partial charge in [0.2, 0.25) is 0 Å². The molecule has 5 rings (SSSR count). The minimum atomic E-state index is -0.571. The summed E-state index contributed by atoms with van der Waals surface area (Å²) in [5, 5.41) is 0. The van der Waals surface area contributed by atoms with Gasteiger partial charge in [0, 0.05) is 43.5 Å². The van der Waals surface area contributed by atoms with Crippen LogP contribution in [0.2, 0.25) is 0 Å². The highest BCUT2D eigenvalue weighted by molar-refractivity contribution is 6.21. The number of ketones is 1. The first-order valence-electron chi connectivity index (χ1n) is 12.1. The minimum absolute atomic E-state index is 0. The van der Waals surface area contributed by atoms with E-state index >= 15 is 0 Å². The number of rotatable bonds is 6. The fourth-order valence-corrected chi connectivity index (χ4v) is 5.20. The maximum Gasteiger partial charge on any atom is 0.261 e. The van der Waals surface area contributed by atoms with Gasteiger partial charge in [-0.1, -0.05) is 62.4 Å². The largest absolute Gasteiger partial charge is 0.349 e. The monoisotopic (exact) mass is 503 g/mol. The van der Waals surface area contributed by atoms with E-state index in [9.17, 15) is 14.4 Å². The third kappa shape index (κ3) is 4.43. The second-order valence-electron chi connectivity index (χ2n) is 9.69. The van der Waals surface area contributed by atoms with Gasteiger partial charge in [0.15, 0.2) is 0 Å². The fourth-order valence-electron chi connectivity index (χ4n) is 5.20. The standard InChI is InChI=1S/C29H29N3O3.ClH/c1-18(2)15-31-16-20-13-26(33)21(17-32-28(34)22-10-6-7-11-23(22)29(32)35)12-24(20)27(25(31)14-30)19-8-4-3-5-9-19;/h3-12,16,18,21H,13-15,17,30H2,1-2H3;1H. The van der Waals surface area contributed by atoms with Crippen molar-refractivity contribution in [1.82, 2.24) is 9.80 Å². The maximum absolute atomic E-state index is 13.3. The molecule has 0 saturated heterocycles. The van der Waals surface area contributed by atoms with Crippen molar-refractivity contribution >= 4 is 35.6 Å². The van der Waals surface area contributed by atoms with Crippen LogP contribution in [0.1, 0.15) is 46.5 Å². The molecule has 1 unspecified atom stereocenters. The molecule has 2 N–H and O–H groups in total. The smallest absolute Gasteiger partial charge is 0.261 e. The van der Waals surface area contributed by atoms with Crippen LogP contribution in [0.3, 0.4) is 0 Å². The van der Waals surface area contributed by atoms with Gasteiger partial charge in [0.05, 0.1) is 17.0 Å². The Kier molecular flexibility index (Phi) is 7.29. The van der Waals surface area contributed by atoms with E-state index in [2.05, 4.69) is 37.1 Å². The molecule has 0 bridgehead atoms. The maximum atomic E-state index is 13.3. The number of amides is 2. The second kappa shape index (κ2) is 10.2. The molecule has 2 aromatic carbocycles. The first-order valence-corrected chi connectivity index (χ1v) is 12.1. The lowest BCUT2D eigenvalue weighted by Gasteiger charge is -2.37. The molecule has 6 nitrogen and oxygen atoms in total. The topological polar surface area (TPSA) is 83.7 Å². The van der Waals surface area contributed by atoms with Crippen molar-refractivity contribution in [3.8, 4) is 0 Å². The van der Waals surface area contributed by atoms with E-state index in [1.54, 1.807) is 24.3 Å². The lowest BCUT2D eigenvalue weighted by atomic mass is 9.78. The van der Waals surface area contributed by atoms with Crippen molar-refractivity contribution in [2.75, 3.05) is 19.6 Å². The van der Waals surface area contributed by atoms with E-state index in [0.717, 1.165) is 34.5 Å². The Hall–Kier alpha value is -3.48. The Labute approximate surface area is 217 Å². The lowest BCUT2D eigenvalue weighted by Crippen LogP contribution is -2.39. The number of fused-ring (bicyclic) bond motifs is 2. The first-order chi connectivity index (χ1) is 16.9. The van der Waals surface area contributed by atoms with Crippen molar-refractivity contribution in [2.24, 2.45) is 17.6 Å². The number of hydrogen-bond donors (Lipinski definition) is 1. The first kappa shape index (κ1) is 25.6. The summed E-state index contributed by atoms with van der Waals surface area (Å²) in [5.74, 6) is -0.835. The molecule has 1 atom stereocenters. The van der Waals surface area contributed by atoms with Gasteiger partial charge < -0.3 is 10.6 Å². The molecule has 0 fully saturated rings. The number of carbonyl (C=O) groups is 3. The summed E-state index contributed by atoms with van der Waals surface area (Å²) in [7, 11) is 0. The summed E-state index contributed by atoms with van der Waals surface area (Å²) >= 11 is 0. The number of imide groups is 1. The molecule has 2 amide bonds. The average molecular weight is 504 g/mol. The predicted molar refractivity (Wildman–Crippen MR) is 142 cm³/mol. The molecule has 1 aliphatic carbocycles. The fraction of sp³-hybridized carbons (Fsp3) is 0.276. The highest BCUT2D eigenvalue weighted by atomic mass is 35.5. The summed E-state index contributed by atoms with van der Waals surface area (Å²) in [5.41, 5.74) is 12.0. The normalized spacial score (nSPS) is 19.2. The van der Waals surface area contributed by atoms with Gasteiger partial charge in [-0.15, -0.1) is 12.4 Å². The number of carbonyl (C=O) groups excluding carboxylic acids is 3. The SMILES string of the molecule is CC(C)CN1C=C2CC(=O)C(CN3C(=O)c4ccccc4C3=O)C=C2C(c2ccccc2)=C1CN.Cl. The number of nitrogens with zero attached hydrogens (tertiary/aromatic N) is 2. The van der Waals surface area contributed by atoms with E-state index in [4.69, 9.17) is 5.73 Å². The van der Waals surface area contributed by atoms with Gasteiger partial charge in [-0.3, -0.25) is 19.3 Å². The molecule has 0 aromatic heterocycles. The van der Waals surface area contributed by atoms with Crippen molar-refractivity contribution in [3.05, 3.63) is 100 Å². The van der Waals surface area contributed by atoms with Crippen LogP contribution in [0.5, 0.6) is 0 Å². The Morgan fingerprint density at radius 1 is 0.944 bits per heavy atom. The molecule has 2 aromatic rings. The van der Waals surface area contributed by atoms with Crippen LogP contribution in [0.25, 0.3) is 5.57 Å². The number of allylic oxidation sites excluding steroid dienone is 3. The molecule has 0 radical (unpaired) electrons. The van der Waals surface area contributed by atoms with Crippen molar-refractivity contribution in [1.29, 1.82) is 0 Å². The van der Waals surface area contributed by atoms with E-state index in [1.807, 2.05) is 24.3 Å². The zero-order valence-corrected chi connectivity index (χ0v) is 21.3. The number of halogens is 1. The summed E-state index contributed by atoms with van der Waals surface area (Å²) < 4.78 is 0. The predicted octanol–water partition coefficient (Wildman–Crippen LogP) is 4.45. The Bertz CT molecular complexity index is 1280. The number of nitrogens with two attached hydrogens (primary N) is 1. The van der Waals surface area contributed by atoms with E-state index < -0.39 is 5.92 Å². The van der Waals surface area contributed by atoms with Crippen molar-refractivity contribution < 1.29 is 14.4 Å². The molecule has 2 aliphatic heterocycles. The Morgan fingerprint density at radius 3 is 2.14 bits per heavy atom. The molecule has 0 spiro atoms. The summed E-state index contributed by atoms with van der Waals surface area (Å²) in [6.07, 6.45) is 4.24. The Balaban J connectivity index is 0.00000304. The van der Waals surface area contributed by atoms with Gasteiger partial charge in [0.25, 0.3) is 11.8 Å². The van der Waals surface area contributed by atoms with Crippen LogP contribution >= 0.6 is 12.4 Å². The van der Waals surface area contributed by atoms with Crippen molar-refractivity contribution in [3.63, 3.8) is 0 Å². The molecule has 186 valence electrons. The molecular weight excluding hydrogens is 474 g/mol. The van der Waals surface area contributed by atoms with Gasteiger partial charge in [-0.2, -0.15) is 0 Å². The number of benzene rings is 2. The van der Waals surface area contributed by atoms with Gasteiger partial charge in [-0.05, 0) is 34.8 Å². The second-order valence-corrected chi connectivity index (χ2v) is 9.69. The zero-order chi connectivity index (χ0) is 24.7. The highest BCUT2D eigenvalue weighted by Crippen LogP contribution is 2.42. The van der Waals surface area contributed by atoms with Crippen LogP contribution in [0.15, 0.2) is 83.7 Å². The molecule has 0 saturated carbocycles. The molecule has 36 heavy (non-hydrogen) atoms. The van der Waals surface area contributed by atoms with Crippen LogP contribution < -0.4 is 5.73 Å². The third-order valence-electron chi connectivity index (χ3n) is 6.78. The summed E-state index contributed by atoms with van der Waals surface area (Å²) in [4.78, 5) is 42.5. The van der Waals surface area contributed by atoms with Crippen LogP contribution in [-0.2, 0) is 4.79 Å². The molecule has 3 aliphatic rings. The van der Waals surface area contributed by atoms with E-state index in [-0.39, 0.29) is 43.0 Å². The van der Waals surface area contributed by atoms with Crippen LogP contribution in [0, 0.1) is 11.8 Å². The lowest BCUT2D eigenvalue weighted by molar-refractivity contribution is -0.121. The minimum Gasteiger partial charge on any atom is -0.349 e. The molecule has 2 heterocycles. The van der Waals surface area contributed by atoms with Crippen LogP contribution in [0.4, 0.5) is 0 Å². The van der Waals surface area contributed by atoms with Gasteiger partial charge in [-0.25, -0.2) is 0 Å². The number of hydrogen-bond acceptors (Lipinski definition) is 5. The van der Waals surface area contributed by atoms with Crippen molar-refractivity contribution in [2.45, 2.75) is 20.3 Å². The van der Waals surface area contributed by atoms with Gasteiger partial charge in [0.1, 0.15) is 5.78 Å². The van der Waals surface area contributed by atoms with E-state index in [0.29, 0.717) is 23.6 Å². The number of Topliss-reactive ketones (excluding diaryl/α,β-unsaturated/α-hetero) is 1. The zero-order valence-electron chi connectivity index (χ0n) is 20.4. The van der Waals surface area contributed by atoms with Gasteiger partial charge >= 0.3 is 0 Å². The van der Waals surface area contributed by atoms with E-state index in [1.165, 1.54) is 4.90 Å². The Morgan fingerprint density at radius 2 is 1.56 bits per heavy atom. The average Bonchev–Trinajstić information content (AvgIpc) is 3.09. The quantitative estimate of drug-likeness (QED) is 0.589. The van der Waals surface area contributed by atoms with Crippen LogP contribution in [-0.4, -0.2) is 47.0 Å². The molecule has 7 heteroatoms. The highest BCUT2D eigenvalue weighted by Gasteiger charge is 2.39. The summed E-state index contributed by atoms with van der Waals surface area (Å²) in [6, 6.07) is 16.9. The molecular formula is C29H30ClN3O3. The third-order valence-corrected chi connectivity index (χ3v) is 6.78.